The quantitative estimate of drug-likeness (QED) is 0.867. The molecule has 0 unspecified atom stereocenters. The molecule has 130 valence electrons. The summed E-state index contributed by atoms with van der Waals surface area (Å²) in [5, 5.41) is 0. The topological polar surface area (TPSA) is 55.4 Å². The molecule has 1 aliphatic heterocycles. The lowest BCUT2D eigenvalue weighted by Gasteiger charge is -2.35. The number of methoxy groups -OCH3 is 1. The van der Waals surface area contributed by atoms with E-state index in [0.29, 0.717) is 18.9 Å². The maximum absolute atomic E-state index is 12.7. The largest absolute Gasteiger partial charge is 0.416 e. The van der Waals surface area contributed by atoms with Crippen molar-refractivity contribution in [2.24, 2.45) is 0 Å². The molecule has 1 aromatic rings. The summed E-state index contributed by atoms with van der Waals surface area (Å²) in [6, 6.07) is 3.71. The van der Waals surface area contributed by atoms with E-state index in [1.54, 1.807) is 11.8 Å². The maximum Gasteiger partial charge on any atom is 0.416 e. The Morgan fingerprint density at radius 1 is 1.30 bits per heavy atom. The molecule has 1 N–H and O–H groups in total. The third-order valence-corrected chi connectivity index (χ3v) is 6.28. The van der Waals surface area contributed by atoms with Crippen LogP contribution in [0.3, 0.4) is 0 Å². The highest BCUT2D eigenvalue weighted by Gasteiger charge is 2.35. The molecule has 1 heterocycles. The highest BCUT2D eigenvalue weighted by molar-refractivity contribution is 7.99. The van der Waals surface area contributed by atoms with Crippen molar-refractivity contribution in [2.75, 3.05) is 25.2 Å². The highest BCUT2D eigenvalue weighted by atomic mass is 32.2. The lowest BCUT2D eigenvalue weighted by atomic mass is 9.97. The summed E-state index contributed by atoms with van der Waals surface area (Å²) in [7, 11) is -2.51. The standard InChI is InChI=1S/C14H18F3NO3S2/c1-21-13(5-7-22-8-6-13)10-18-23(19,20)12-4-2-3-11(9-12)14(15,16)17/h2-4,9,18H,5-8,10H2,1H3. The average molecular weight is 369 g/mol. The molecule has 1 aromatic carbocycles. The molecule has 9 heteroatoms. The molecule has 0 amide bonds. The summed E-state index contributed by atoms with van der Waals surface area (Å²) in [6.45, 7) is 0.0443. The monoisotopic (exact) mass is 369 g/mol. The first-order valence-corrected chi connectivity index (χ1v) is 9.62. The van der Waals surface area contributed by atoms with Crippen molar-refractivity contribution in [1.29, 1.82) is 0 Å². The second-order valence-corrected chi connectivity index (χ2v) is 8.34. The van der Waals surface area contributed by atoms with Gasteiger partial charge in [0.1, 0.15) is 0 Å². The summed E-state index contributed by atoms with van der Waals surface area (Å²) in [6.07, 6.45) is -3.20. The van der Waals surface area contributed by atoms with E-state index in [0.717, 1.165) is 29.7 Å². The zero-order valence-electron chi connectivity index (χ0n) is 12.5. The van der Waals surface area contributed by atoms with E-state index >= 15 is 0 Å². The molecule has 0 bridgehead atoms. The summed E-state index contributed by atoms with van der Waals surface area (Å²) in [5.41, 5.74) is -1.59. The normalized spacial score (nSPS) is 18.8. The fourth-order valence-electron chi connectivity index (χ4n) is 2.35. The Hall–Kier alpha value is -0.770. The number of benzene rings is 1. The van der Waals surface area contributed by atoms with Gasteiger partial charge in [-0.15, -0.1) is 0 Å². The van der Waals surface area contributed by atoms with Gasteiger partial charge in [-0.25, -0.2) is 13.1 Å². The molecule has 0 saturated carbocycles. The smallest absolute Gasteiger partial charge is 0.377 e. The van der Waals surface area contributed by atoms with Crippen molar-refractivity contribution >= 4 is 21.8 Å². The number of hydrogen-bond acceptors (Lipinski definition) is 4. The number of halogens is 3. The van der Waals surface area contributed by atoms with E-state index in [1.165, 1.54) is 7.11 Å². The van der Waals surface area contributed by atoms with Crippen LogP contribution in [0.2, 0.25) is 0 Å². The molecule has 0 spiro atoms. The Morgan fingerprint density at radius 2 is 1.96 bits per heavy atom. The zero-order chi connectivity index (χ0) is 17.1. The molecule has 1 aliphatic rings. The second-order valence-electron chi connectivity index (χ2n) is 5.35. The van der Waals surface area contributed by atoms with Gasteiger partial charge in [0.05, 0.1) is 16.1 Å². The van der Waals surface area contributed by atoms with Gasteiger partial charge >= 0.3 is 6.18 Å². The van der Waals surface area contributed by atoms with Gasteiger partial charge in [-0.05, 0) is 42.5 Å². The molecule has 1 saturated heterocycles. The minimum atomic E-state index is -4.58. The van der Waals surface area contributed by atoms with E-state index in [1.807, 2.05) is 0 Å². The van der Waals surface area contributed by atoms with Gasteiger partial charge in [-0.1, -0.05) is 6.07 Å². The minimum absolute atomic E-state index is 0.0443. The summed E-state index contributed by atoms with van der Waals surface area (Å²) >= 11 is 1.76. The van der Waals surface area contributed by atoms with Crippen LogP contribution in [0.25, 0.3) is 0 Å². The van der Waals surface area contributed by atoms with Crippen molar-refractivity contribution in [3.63, 3.8) is 0 Å². The number of nitrogens with one attached hydrogen (secondary N) is 1. The predicted molar refractivity (Wildman–Crippen MR) is 82.9 cm³/mol. The van der Waals surface area contributed by atoms with Crippen LogP contribution in [0, 0.1) is 0 Å². The zero-order valence-corrected chi connectivity index (χ0v) is 14.2. The first-order valence-electron chi connectivity index (χ1n) is 6.98. The van der Waals surface area contributed by atoms with Gasteiger partial charge in [0.25, 0.3) is 0 Å². The Morgan fingerprint density at radius 3 is 2.52 bits per heavy atom. The van der Waals surface area contributed by atoms with E-state index in [9.17, 15) is 21.6 Å². The lowest BCUT2D eigenvalue weighted by molar-refractivity contribution is -0.137. The Labute approximate surface area is 137 Å². The molecular formula is C14H18F3NO3S2. The van der Waals surface area contributed by atoms with Crippen LogP contribution in [-0.4, -0.2) is 39.2 Å². The average Bonchev–Trinajstić information content (AvgIpc) is 2.53. The van der Waals surface area contributed by atoms with Crippen LogP contribution in [0.4, 0.5) is 13.2 Å². The number of rotatable bonds is 5. The number of hydrogen-bond donors (Lipinski definition) is 1. The van der Waals surface area contributed by atoms with E-state index in [2.05, 4.69) is 4.72 Å². The minimum Gasteiger partial charge on any atom is -0.377 e. The molecule has 23 heavy (non-hydrogen) atoms. The molecule has 4 nitrogen and oxygen atoms in total. The van der Waals surface area contributed by atoms with Crippen LogP contribution in [0.15, 0.2) is 29.2 Å². The third-order valence-electron chi connectivity index (χ3n) is 3.89. The summed E-state index contributed by atoms with van der Waals surface area (Å²) in [5.74, 6) is 1.72. The van der Waals surface area contributed by atoms with Crippen molar-refractivity contribution in [3.8, 4) is 0 Å². The Kier molecular flexibility index (Phi) is 5.65. The summed E-state index contributed by atoms with van der Waals surface area (Å²) < 4.78 is 70.5. The van der Waals surface area contributed by atoms with Crippen LogP contribution in [-0.2, 0) is 20.9 Å². The fourth-order valence-corrected chi connectivity index (χ4v) is 4.74. The van der Waals surface area contributed by atoms with Crippen molar-refractivity contribution in [2.45, 2.75) is 29.5 Å². The summed E-state index contributed by atoms with van der Waals surface area (Å²) in [4.78, 5) is -0.399. The van der Waals surface area contributed by atoms with Gasteiger partial charge in [0.2, 0.25) is 10.0 Å². The van der Waals surface area contributed by atoms with Gasteiger partial charge in [0.15, 0.2) is 0 Å². The van der Waals surface area contributed by atoms with Crippen LogP contribution in [0.1, 0.15) is 18.4 Å². The SMILES string of the molecule is COC1(CNS(=O)(=O)c2cccc(C(F)(F)F)c2)CCSCC1. The van der Waals surface area contributed by atoms with Crippen LogP contribution in [0.5, 0.6) is 0 Å². The molecule has 0 atom stereocenters. The van der Waals surface area contributed by atoms with Gasteiger partial charge in [0, 0.05) is 13.7 Å². The van der Waals surface area contributed by atoms with Crippen LogP contribution < -0.4 is 4.72 Å². The van der Waals surface area contributed by atoms with Gasteiger partial charge in [-0.3, -0.25) is 0 Å². The number of ether oxygens (including phenoxy) is 1. The second kappa shape index (κ2) is 7.00. The molecule has 2 rings (SSSR count). The van der Waals surface area contributed by atoms with E-state index < -0.39 is 32.3 Å². The Bertz CT molecular complexity index is 641. The molecule has 0 aromatic heterocycles. The lowest BCUT2D eigenvalue weighted by Crippen LogP contribution is -2.46. The van der Waals surface area contributed by atoms with Crippen molar-refractivity contribution in [3.05, 3.63) is 29.8 Å². The number of sulfonamides is 1. The fraction of sp³-hybridized carbons (Fsp3) is 0.571. The molecular weight excluding hydrogens is 351 g/mol. The first-order chi connectivity index (χ1) is 10.7. The number of thioether (sulfide) groups is 1. The maximum atomic E-state index is 12.7. The van der Waals surface area contributed by atoms with Crippen molar-refractivity contribution < 1.29 is 26.3 Å². The Balaban J connectivity index is 2.16. The molecule has 0 aliphatic carbocycles. The third kappa shape index (κ3) is 4.62. The first kappa shape index (κ1) is 18.6. The van der Waals surface area contributed by atoms with Crippen molar-refractivity contribution in [1.82, 2.24) is 4.72 Å². The van der Waals surface area contributed by atoms with Crippen LogP contribution >= 0.6 is 11.8 Å². The van der Waals surface area contributed by atoms with E-state index in [4.69, 9.17) is 4.74 Å². The van der Waals surface area contributed by atoms with Gasteiger partial charge in [-0.2, -0.15) is 24.9 Å². The molecule has 0 radical (unpaired) electrons. The van der Waals surface area contributed by atoms with E-state index in [-0.39, 0.29) is 6.54 Å². The molecule has 1 fully saturated rings. The predicted octanol–water partition coefficient (Wildman–Crippen LogP) is 2.90. The van der Waals surface area contributed by atoms with Gasteiger partial charge < -0.3 is 4.74 Å². The highest BCUT2D eigenvalue weighted by Crippen LogP contribution is 2.31. The number of alkyl halides is 3.